The molecule has 78 valence electrons. The van der Waals surface area contributed by atoms with Crippen molar-refractivity contribution in [3.05, 3.63) is 0 Å². The van der Waals surface area contributed by atoms with Gasteiger partial charge in [0.1, 0.15) is 0 Å². The minimum atomic E-state index is -0.293. The molecule has 2 heteroatoms. The quantitative estimate of drug-likeness (QED) is 0.604. The largest absolute Gasteiger partial charge is 0.391 e. The molecule has 1 fully saturated rings. The van der Waals surface area contributed by atoms with Crippen LogP contribution in [0.3, 0.4) is 0 Å². The fraction of sp³-hybridized carbons (Fsp3) is 1.00. The molecule has 0 amide bonds. The maximum absolute atomic E-state index is 9.70. The molecule has 13 heavy (non-hydrogen) atoms. The van der Waals surface area contributed by atoms with Gasteiger partial charge in [0, 0.05) is 6.04 Å². The molecule has 0 heterocycles. The third-order valence-electron chi connectivity index (χ3n) is 3.46. The van der Waals surface area contributed by atoms with E-state index in [1.54, 1.807) is 0 Å². The molecule has 0 aromatic rings. The van der Waals surface area contributed by atoms with Gasteiger partial charge in [0.15, 0.2) is 0 Å². The van der Waals surface area contributed by atoms with Crippen LogP contribution in [-0.2, 0) is 0 Å². The van der Waals surface area contributed by atoms with Gasteiger partial charge in [-0.1, -0.05) is 27.7 Å². The van der Waals surface area contributed by atoms with E-state index in [9.17, 15) is 5.11 Å². The summed E-state index contributed by atoms with van der Waals surface area (Å²) in [5.41, 5.74) is 6.23. The zero-order chi connectivity index (χ0) is 10.2. The average Bonchev–Trinajstić information content (AvgIpc) is 1.97. The lowest BCUT2D eigenvalue weighted by molar-refractivity contribution is 0.0106. The van der Waals surface area contributed by atoms with Crippen LogP contribution in [0.5, 0.6) is 0 Å². The lowest BCUT2D eigenvalue weighted by Crippen LogP contribution is -2.47. The summed E-state index contributed by atoms with van der Waals surface area (Å²) in [4.78, 5) is 0. The van der Waals surface area contributed by atoms with Crippen LogP contribution in [0.4, 0.5) is 0 Å². The molecule has 2 nitrogen and oxygen atoms in total. The second-order valence-corrected chi connectivity index (χ2v) is 5.67. The first kappa shape index (κ1) is 11.0. The Bertz CT molecular complexity index is 161. The van der Waals surface area contributed by atoms with Crippen LogP contribution < -0.4 is 5.73 Å². The summed E-state index contributed by atoms with van der Waals surface area (Å²) in [6.07, 6.45) is 1.78. The lowest BCUT2D eigenvalue weighted by atomic mass is 9.67. The Morgan fingerprint density at radius 3 is 2.15 bits per heavy atom. The summed E-state index contributed by atoms with van der Waals surface area (Å²) >= 11 is 0. The summed E-state index contributed by atoms with van der Waals surface area (Å²) in [5.74, 6) is 1.01. The Balaban J connectivity index is 2.64. The third-order valence-corrected chi connectivity index (χ3v) is 3.46. The van der Waals surface area contributed by atoms with Crippen LogP contribution in [0.15, 0.2) is 0 Å². The van der Waals surface area contributed by atoms with E-state index < -0.39 is 0 Å². The first-order valence-electron chi connectivity index (χ1n) is 5.26. The maximum atomic E-state index is 9.70. The van der Waals surface area contributed by atoms with E-state index in [4.69, 9.17) is 5.73 Å². The Morgan fingerprint density at radius 1 is 1.23 bits per heavy atom. The van der Waals surface area contributed by atoms with Gasteiger partial charge in [-0.05, 0) is 30.1 Å². The Hall–Kier alpha value is -0.0800. The van der Waals surface area contributed by atoms with E-state index in [0.717, 1.165) is 12.8 Å². The second kappa shape index (κ2) is 3.58. The first-order chi connectivity index (χ1) is 5.82. The molecule has 1 aliphatic carbocycles. The molecule has 0 bridgehead atoms. The number of nitrogens with two attached hydrogens (primary N) is 1. The van der Waals surface area contributed by atoms with Crippen molar-refractivity contribution in [2.75, 3.05) is 0 Å². The third kappa shape index (κ3) is 2.44. The van der Waals surface area contributed by atoms with Gasteiger partial charge in [-0.2, -0.15) is 0 Å². The molecule has 1 saturated carbocycles. The highest BCUT2D eigenvalue weighted by molar-refractivity contribution is 4.90. The molecule has 0 saturated heterocycles. The van der Waals surface area contributed by atoms with Crippen molar-refractivity contribution in [2.24, 2.45) is 23.0 Å². The highest BCUT2D eigenvalue weighted by Gasteiger charge is 2.37. The highest BCUT2D eigenvalue weighted by Crippen LogP contribution is 2.39. The summed E-state index contributed by atoms with van der Waals surface area (Å²) < 4.78 is 0. The zero-order valence-electron chi connectivity index (χ0n) is 9.25. The standard InChI is InChI=1S/C11H23NO/c1-7-5-8(11(2,3)4)6-9(12)10(7)13/h7-10,13H,5-6,12H2,1-4H3/t7-,8?,9+,10+/m0/s1. The number of hydrogen-bond acceptors (Lipinski definition) is 2. The van der Waals surface area contributed by atoms with Gasteiger partial charge in [0.2, 0.25) is 0 Å². The van der Waals surface area contributed by atoms with Crippen LogP contribution in [-0.4, -0.2) is 17.3 Å². The van der Waals surface area contributed by atoms with Gasteiger partial charge in [-0.15, -0.1) is 0 Å². The fourth-order valence-electron chi connectivity index (χ4n) is 2.28. The van der Waals surface area contributed by atoms with Gasteiger partial charge >= 0.3 is 0 Å². The molecular formula is C11H23NO. The normalized spacial score (nSPS) is 42.0. The molecule has 4 atom stereocenters. The summed E-state index contributed by atoms with van der Waals surface area (Å²) in [7, 11) is 0. The number of aliphatic hydroxyl groups is 1. The van der Waals surface area contributed by atoms with E-state index in [1.165, 1.54) is 0 Å². The minimum Gasteiger partial charge on any atom is -0.391 e. The summed E-state index contributed by atoms with van der Waals surface area (Å²) in [6.45, 7) is 8.88. The topological polar surface area (TPSA) is 46.2 Å². The van der Waals surface area contributed by atoms with Gasteiger partial charge in [0.05, 0.1) is 6.10 Å². The molecule has 1 unspecified atom stereocenters. The number of aliphatic hydroxyl groups excluding tert-OH is 1. The van der Waals surface area contributed by atoms with Crippen molar-refractivity contribution >= 4 is 0 Å². The molecule has 0 aliphatic heterocycles. The van der Waals surface area contributed by atoms with Gasteiger partial charge in [-0.3, -0.25) is 0 Å². The first-order valence-corrected chi connectivity index (χ1v) is 5.26. The van der Waals surface area contributed by atoms with Gasteiger partial charge in [-0.25, -0.2) is 0 Å². The Kier molecular flexibility index (Phi) is 3.03. The van der Waals surface area contributed by atoms with Crippen molar-refractivity contribution in [1.29, 1.82) is 0 Å². The molecule has 1 rings (SSSR count). The maximum Gasteiger partial charge on any atom is 0.0716 e. The molecule has 1 aliphatic rings. The predicted octanol–water partition coefficient (Wildman–Crippen LogP) is 1.77. The molecule has 3 N–H and O–H groups in total. The van der Waals surface area contributed by atoms with Crippen molar-refractivity contribution in [2.45, 2.75) is 52.7 Å². The zero-order valence-corrected chi connectivity index (χ0v) is 9.25. The van der Waals surface area contributed by atoms with Crippen molar-refractivity contribution in [3.8, 4) is 0 Å². The molecular weight excluding hydrogens is 162 g/mol. The van der Waals surface area contributed by atoms with Crippen LogP contribution in [0.25, 0.3) is 0 Å². The Morgan fingerprint density at radius 2 is 1.77 bits per heavy atom. The van der Waals surface area contributed by atoms with E-state index in [-0.39, 0.29) is 12.1 Å². The SMILES string of the molecule is C[C@H]1CC(C(C)(C)C)C[C@@H](N)[C@@H]1O. The average molecular weight is 185 g/mol. The van der Waals surface area contributed by atoms with Crippen LogP contribution in [0.2, 0.25) is 0 Å². The minimum absolute atomic E-state index is 0.0204. The van der Waals surface area contributed by atoms with Gasteiger partial charge in [0.25, 0.3) is 0 Å². The Labute approximate surface area is 81.5 Å². The smallest absolute Gasteiger partial charge is 0.0716 e. The van der Waals surface area contributed by atoms with Crippen molar-refractivity contribution < 1.29 is 5.11 Å². The molecule has 0 aromatic carbocycles. The monoisotopic (exact) mass is 185 g/mol. The predicted molar refractivity (Wildman–Crippen MR) is 55.3 cm³/mol. The van der Waals surface area contributed by atoms with Gasteiger partial charge < -0.3 is 10.8 Å². The highest BCUT2D eigenvalue weighted by atomic mass is 16.3. The number of hydrogen-bond donors (Lipinski definition) is 2. The van der Waals surface area contributed by atoms with E-state index >= 15 is 0 Å². The lowest BCUT2D eigenvalue weighted by Gasteiger charge is -2.42. The van der Waals surface area contributed by atoms with Crippen LogP contribution >= 0.6 is 0 Å². The van der Waals surface area contributed by atoms with E-state index in [1.807, 2.05) is 0 Å². The molecule has 0 aromatic heterocycles. The number of rotatable bonds is 0. The van der Waals surface area contributed by atoms with E-state index in [0.29, 0.717) is 17.3 Å². The fourth-order valence-corrected chi connectivity index (χ4v) is 2.28. The van der Waals surface area contributed by atoms with Crippen LogP contribution in [0, 0.1) is 17.3 Å². The van der Waals surface area contributed by atoms with Crippen LogP contribution in [0.1, 0.15) is 40.5 Å². The van der Waals surface area contributed by atoms with Crippen molar-refractivity contribution in [3.63, 3.8) is 0 Å². The summed E-state index contributed by atoms with van der Waals surface area (Å²) in [6, 6.07) is -0.0204. The molecule has 0 radical (unpaired) electrons. The second-order valence-electron chi connectivity index (χ2n) is 5.67. The van der Waals surface area contributed by atoms with Crippen molar-refractivity contribution in [1.82, 2.24) is 0 Å². The summed E-state index contributed by atoms with van der Waals surface area (Å²) in [5, 5.41) is 9.70. The van der Waals surface area contributed by atoms with E-state index in [2.05, 4.69) is 27.7 Å². The molecule has 0 spiro atoms.